The summed E-state index contributed by atoms with van der Waals surface area (Å²) in [7, 11) is -0.481. The first-order valence-corrected chi connectivity index (χ1v) is 17.3. The van der Waals surface area contributed by atoms with Gasteiger partial charge in [0.05, 0.1) is 12.3 Å². The Morgan fingerprint density at radius 3 is 2.76 bits per heavy atom. The molecule has 2 aromatic carbocycles. The molecule has 2 aromatic rings. The monoisotopic (exact) mass is 594 g/mol. The van der Waals surface area contributed by atoms with Gasteiger partial charge in [-0.2, -0.15) is 0 Å². The molecule has 0 saturated heterocycles. The van der Waals surface area contributed by atoms with E-state index in [4.69, 9.17) is 16.3 Å². The Hall–Kier alpha value is -2.31. The number of amides is 1. The van der Waals surface area contributed by atoms with Crippen molar-refractivity contribution in [3.63, 3.8) is 0 Å². The van der Waals surface area contributed by atoms with Gasteiger partial charge < -0.3 is 19.2 Å². The lowest BCUT2D eigenvalue weighted by Crippen LogP contribution is -2.49. The Bertz CT molecular complexity index is 1350. The summed E-state index contributed by atoms with van der Waals surface area (Å²) < 4.78 is 9.80. The van der Waals surface area contributed by atoms with Crippen molar-refractivity contribution in [2.24, 2.45) is 29.6 Å². The molecular formula is C34H43ClN2O3S. The van der Waals surface area contributed by atoms with Crippen LogP contribution in [0.4, 0.5) is 5.69 Å². The molecule has 4 aliphatic rings. The van der Waals surface area contributed by atoms with Crippen LogP contribution >= 0.6 is 22.3 Å². The third kappa shape index (κ3) is 5.71. The summed E-state index contributed by atoms with van der Waals surface area (Å²) in [5.41, 5.74) is 4.14. The van der Waals surface area contributed by atoms with E-state index < -0.39 is 10.7 Å². The number of benzene rings is 2. The molecule has 0 radical (unpaired) electrons. The zero-order chi connectivity index (χ0) is 28.7. The molecule has 1 saturated carbocycles. The van der Waals surface area contributed by atoms with Gasteiger partial charge in [0.2, 0.25) is 0 Å². The summed E-state index contributed by atoms with van der Waals surface area (Å²) in [5, 5.41) is 0.782. The fourth-order valence-electron chi connectivity index (χ4n) is 7.76. The smallest absolute Gasteiger partial charge is 0.260 e. The van der Waals surface area contributed by atoms with E-state index in [1.165, 1.54) is 17.4 Å². The number of fused-ring (bicyclic) bond motifs is 4. The zero-order valence-electron chi connectivity index (χ0n) is 24.4. The van der Waals surface area contributed by atoms with Crippen molar-refractivity contribution in [2.75, 3.05) is 30.3 Å². The second-order valence-electron chi connectivity index (χ2n) is 13.2. The fraction of sp³-hybridized carbons (Fsp3) is 0.559. The number of rotatable bonds is 1. The number of anilines is 1. The van der Waals surface area contributed by atoms with Gasteiger partial charge in [0.15, 0.2) is 0 Å². The van der Waals surface area contributed by atoms with E-state index in [1.54, 1.807) is 0 Å². The summed E-state index contributed by atoms with van der Waals surface area (Å²) in [4.78, 5) is 28.3. The molecule has 1 spiro atoms. The van der Waals surface area contributed by atoms with Gasteiger partial charge in [-0.15, -0.1) is 10.7 Å². The molecule has 2 aliphatic carbocycles. The third-order valence-electron chi connectivity index (χ3n) is 10.6. The first kappa shape index (κ1) is 28.8. The van der Waals surface area contributed by atoms with Gasteiger partial charge in [-0.25, -0.2) is 0 Å². The molecule has 2 bridgehead atoms. The highest BCUT2D eigenvalue weighted by Gasteiger charge is 2.44. The van der Waals surface area contributed by atoms with Crippen LogP contribution in [0.1, 0.15) is 73.9 Å². The minimum absolute atomic E-state index is 0.0721. The average molecular weight is 595 g/mol. The maximum absolute atomic E-state index is 13.4. The average Bonchev–Trinajstić information content (AvgIpc) is 3.09. The van der Waals surface area contributed by atoms with E-state index in [1.807, 2.05) is 24.3 Å². The van der Waals surface area contributed by atoms with E-state index in [2.05, 4.69) is 41.5 Å². The molecule has 1 N–H and O–H groups in total. The van der Waals surface area contributed by atoms with E-state index in [0.29, 0.717) is 35.8 Å². The Labute approximate surface area is 252 Å². The molecule has 6 rings (SSSR count). The van der Waals surface area contributed by atoms with Gasteiger partial charge in [-0.3, -0.25) is 4.79 Å². The number of aryl methyl sites for hydroxylation is 1. The van der Waals surface area contributed by atoms with Crippen molar-refractivity contribution in [3.05, 3.63) is 58.1 Å². The van der Waals surface area contributed by atoms with E-state index in [0.717, 1.165) is 80.2 Å². The van der Waals surface area contributed by atoms with Crippen LogP contribution in [0, 0.1) is 29.6 Å². The number of nitrogens with zero attached hydrogens (tertiary/aromatic N) is 1. The molecule has 220 valence electrons. The predicted molar refractivity (Wildman–Crippen MR) is 171 cm³/mol. The van der Waals surface area contributed by atoms with Crippen molar-refractivity contribution >= 4 is 46.0 Å². The van der Waals surface area contributed by atoms with Crippen LogP contribution in [0.25, 0.3) is 0 Å². The van der Waals surface area contributed by atoms with Crippen LogP contribution < -0.4 is 14.4 Å². The molecular weight excluding hydrogens is 552 g/mol. The maximum Gasteiger partial charge on any atom is 0.260 e. The highest BCUT2D eigenvalue weighted by molar-refractivity contribution is 8.12. The SMILES string of the molecule is C=S1C[C@H](C)C(C)CCC(C=O)C2CCC2CN2C[C@@]3(CCCc4cc(Cl)ccc43)COc3ccc(cc32)C(=O)N1. The number of aldehydes is 1. The van der Waals surface area contributed by atoms with Crippen molar-refractivity contribution in [1.29, 1.82) is 0 Å². The number of nitrogens with one attached hydrogen (secondary N) is 1. The van der Waals surface area contributed by atoms with Crippen LogP contribution in [0.15, 0.2) is 36.4 Å². The predicted octanol–water partition coefficient (Wildman–Crippen LogP) is 7.07. The lowest BCUT2D eigenvalue weighted by atomic mass is 9.65. The Kier molecular flexibility index (Phi) is 8.26. The molecule has 1 fully saturated rings. The van der Waals surface area contributed by atoms with Crippen LogP contribution in [-0.4, -0.2) is 43.5 Å². The van der Waals surface area contributed by atoms with Gasteiger partial charge >= 0.3 is 0 Å². The lowest BCUT2D eigenvalue weighted by molar-refractivity contribution is -0.115. The van der Waals surface area contributed by atoms with Gasteiger partial charge in [-0.1, -0.05) is 37.4 Å². The van der Waals surface area contributed by atoms with Crippen LogP contribution in [0.3, 0.4) is 0 Å². The molecule has 1 amide bonds. The fourth-order valence-corrected chi connectivity index (χ4v) is 9.38. The second-order valence-corrected chi connectivity index (χ2v) is 15.2. The molecule has 0 aromatic heterocycles. The normalized spacial score (nSPS) is 33.8. The number of carbonyl (C=O) groups is 2. The summed E-state index contributed by atoms with van der Waals surface area (Å²) in [5.74, 6) is 7.77. The number of ether oxygens (including phenoxy) is 1. The lowest BCUT2D eigenvalue weighted by Gasteiger charge is -2.46. The number of hydrogen-bond acceptors (Lipinski definition) is 4. The van der Waals surface area contributed by atoms with Gasteiger partial charge in [0, 0.05) is 40.8 Å². The minimum Gasteiger partial charge on any atom is -0.490 e. The van der Waals surface area contributed by atoms with Crippen LogP contribution in [0.5, 0.6) is 5.75 Å². The largest absolute Gasteiger partial charge is 0.490 e. The van der Waals surface area contributed by atoms with Crippen LogP contribution in [0.2, 0.25) is 5.02 Å². The Morgan fingerprint density at radius 1 is 1.12 bits per heavy atom. The third-order valence-corrected chi connectivity index (χ3v) is 12.2. The van der Waals surface area contributed by atoms with E-state index in [9.17, 15) is 9.59 Å². The molecule has 5 nitrogen and oxygen atoms in total. The molecule has 7 heteroatoms. The van der Waals surface area contributed by atoms with Crippen molar-refractivity contribution < 1.29 is 14.3 Å². The first-order chi connectivity index (χ1) is 19.8. The van der Waals surface area contributed by atoms with E-state index in [-0.39, 0.29) is 17.2 Å². The van der Waals surface area contributed by atoms with Crippen molar-refractivity contribution in [3.8, 4) is 5.75 Å². The maximum atomic E-state index is 13.4. The number of halogens is 1. The molecule has 41 heavy (non-hydrogen) atoms. The summed E-state index contributed by atoms with van der Waals surface area (Å²) in [6.45, 7) is 6.82. The molecule has 2 aliphatic heterocycles. The Balaban J connectivity index is 1.40. The van der Waals surface area contributed by atoms with Gasteiger partial charge in [0.25, 0.3) is 5.91 Å². The van der Waals surface area contributed by atoms with Gasteiger partial charge in [0.1, 0.15) is 12.0 Å². The number of hydrogen-bond donors (Lipinski definition) is 1. The molecule has 5 unspecified atom stereocenters. The van der Waals surface area contributed by atoms with Crippen LogP contribution in [-0.2, 0) is 16.6 Å². The van der Waals surface area contributed by atoms with Crippen molar-refractivity contribution in [2.45, 2.75) is 64.2 Å². The quantitative estimate of drug-likeness (QED) is 0.283. The van der Waals surface area contributed by atoms with E-state index >= 15 is 0 Å². The zero-order valence-corrected chi connectivity index (χ0v) is 25.9. The van der Waals surface area contributed by atoms with Crippen molar-refractivity contribution in [1.82, 2.24) is 4.72 Å². The van der Waals surface area contributed by atoms with Gasteiger partial charge in [-0.05, 0) is 110 Å². The standard InChI is InChI=1S/C34H43ClN2O3S/c1-22-6-7-27(18-38)29-11-8-26(29)17-37-20-34(14-4-5-24-15-28(35)10-12-30(24)34)21-40-32-13-9-25(16-31(32)37)33(39)36-41(3)19-23(22)2/h9-10,12-13,15-16,18,22-23,26-27,29H,3-8,11,14,17,19-21H2,1-2H3,(H,36,39)/t22?,23-,26?,27?,29?,34-,41?/m0/s1. The topological polar surface area (TPSA) is 58.6 Å². The Morgan fingerprint density at radius 2 is 1.98 bits per heavy atom. The molecule has 2 heterocycles. The second kappa shape index (κ2) is 11.8. The summed E-state index contributed by atoms with van der Waals surface area (Å²) in [6.07, 6.45) is 8.64. The first-order valence-electron chi connectivity index (χ1n) is 15.3. The highest BCUT2D eigenvalue weighted by atomic mass is 35.5. The molecule has 7 atom stereocenters. The number of carbonyl (C=O) groups excluding carboxylic acids is 2. The summed E-state index contributed by atoms with van der Waals surface area (Å²) >= 11 is 6.42. The highest BCUT2D eigenvalue weighted by Crippen LogP contribution is 2.47. The minimum atomic E-state index is -0.481. The summed E-state index contributed by atoms with van der Waals surface area (Å²) in [6, 6.07) is 12.2.